The fourth-order valence-electron chi connectivity index (χ4n) is 4.38. The summed E-state index contributed by atoms with van der Waals surface area (Å²) in [5, 5.41) is 0. The normalized spacial score (nSPS) is 13.2. The number of benzene rings is 3. The molecule has 1 aromatic heterocycles. The molecule has 226 valence electrons. The van der Waals surface area contributed by atoms with Gasteiger partial charge in [-0.05, 0) is 47.4 Å². The van der Waals surface area contributed by atoms with Crippen molar-refractivity contribution in [2.45, 2.75) is 72.1 Å². The number of ether oxygens (including phenoxy) is 3. The molecule has 0 aliphatic carbocycles. The molecule has 4 nitrogen and oxygen atoms in total. The van der Waals surface area contributed by atoms with Gasteiger partial charge in [0.2, 0.25) is 0 Å². The number of hydrogen-bond donors (Lipinski definition) is 0. The van der Waals surface area contributed by atoms with Crippen molar-refractivity contribution >= 4 is 11.8 Å². The van der Waals surface area contributed by atoms with Crippen LogP contribution in [0, 0.1) is 0 Å². The highest BCUT2D eigenvalue weighted by molar-refractivity contribution is 7.99. The molecular weight excluding hydrogens is 538 g/mol. The van der Waals surface area contributed by atoms with Gasteiger partial charge in [0.1, 0.15) is 17.2 Å². The Hall–Kier alpha value is -3.44. The number of rotatable bonds is 0. The Bertz CT molecular complexity index is 987. The van der Waals surface area contributed by atoms with Crippen molar-refractivity contribution < 1.29 is 14.2 Å². The van der Waals surface area contributed by atoms with E-state index < -0.39 is 0 Å². The lowest BCUT2D eigenvalue weighted by atomic mass is 10.2. The van der Waals surface area contributed by atoms with Crippen LogP contribution in [0.4, 0.5) is 0 Å². The highest BCUT2D eigenvalue weighted by Crippen LogP contribution is 2.30. The minimum absolute atomic E-state index is 0.820. The highest BCUT2D eigenvalue weighted by Gasteiger charge is 2.10. The van der Waals surface area contributed by atoms with Crippen LogP contribution in [0.15, 0.2) is 96.2 Å². The summed E-state index contributed by atoms with van der Waals surface area (Å²) in [7, 11) is 0. The van der Waals surface area contributed by atoms with Gasteiger partial charge in [-0.15, -0.1) is 11.8 Å². The summed E-state index contributed by atoms with van der Waals surface area (Å²) in [6.45, 7) is 14.5. The van der Waals surface area contributed by atoms with Gasteiger partial charge in [0.15, 0.2) is 0 Å². The highest BCUT2D eigenvalue weighted by atomic mass is 32.2. The molecular formula is C37H49NO3S. The fourth-order valence-corrected chi connectivity index (χ4v) is 5.45. The van der Waals surface area contributed by atoms with E-state index in [-0.39, 0.29) is 0 Å². The molecule has 0 radical (unpaired) electrons. The Morgan fingerprint density at radius 1 is 0.500 bits per heavy atom. The van der Waals surface area contributed by atoms with Gasteiger partial charge < -0.3 is 14.2 Å². The molecule has 4 aliphatic heterocycles. The largest absolute Gasteiger partial charge is 0.493 e. The molecule has 0 bridgehead atoms. The lowest BCUT2D eigenvalue weighted by Crippen LogP contribution is -1.85. The van der Waals surface area contributed by atoms with Crippen LogP contribution in [-0.4, -0.2) is 30.6 Å². The van der Waals surface area contributed by atoms with E-state index >= 15 is 0 Å². The summed E-state index contributed by atoms with van der Waals surface area (Å²) in [6, 6.07) is 27.0. The Morgan fingerprint density at radius 2 is 0.952 bits per heavy atom. The van der Waals surface area contributed by atoms with Crippen LogP contribution in [0.5, 0.6) is 17.2 Å². The average molecular weight is 588 g/mol. The van der Waals surface area contributed by atoms with Gasteiger partial charge in [0, 0.05) is 41.7 Å². The second-order valence-electron chi connectivity index (χ2n) is 8.70. The molecule has 4 aromatic rings. The molecule has 0 atom stereocenters. The van der Waals surface area contributed by atoms with Crippen molar-refractivity contribution in [2.75, 3.05) is 25.6 Å². The lowest BCUT2D eigenvalue weighted by Gasteiger charge is -1.93. The van der Waals surface area contributed by atoms with Crippen LogP contribution < -0.4 is 14.2 Å². The van der Waals surface area contributed by atoms with Gasteiger partial charge in [-0.3, -0.25) is 4.98 Å². The molecule has 0 unspecified atom stereocenters. The Morgan fingerprint density at radius 3 is 1.45 bits per heavy atom. The molecule has 0 spiro atoms. The average Bonchev–Trinajstić information content (AvgIpc) is 3.91. The SMILES string of the molecule is CC.CC.CC.c1cc2c(cn1)OCC2.c1ccc2c(c1)CCO2.c1ccc2c(c1)CCO2.c1ccc2c(c1)CCS2. The van der Waals surface area contributed by atoms with Crippen molar-refractivity contribution in [2.24, 2.45) is 0 Å². The third kappa shape index (κ3) is 11.1. The van der Waals surface area contributed by atoms with Crippen LogP contribution in [0.3, 0.4) is 0 Å². The topological polar surface area (TPSA) is 40.6 Å². The van der Waals surface area contributed by atoms with E-state index in [1.165, 1.54) is 39.3 Å². The number of thioether (sulfide) groups is 1. The number of para-hydroxylation sites is 2. The van der Waals surface area contributed by atoms with Gasteiger partial charge in [-0.1, -0.05) is 96.1 Å². The van der Waals surface area contributed by atoms with Crippen LogP contribution in [-0.2, 0) is 25.7 Å². The zero-order chi connectivity index (χ0) is 30.4. The van der Waals surface area contributed by atoms with Crippen molar-refractivity contribution in [3.05, 3.63) is 114 Å². The van der Waals surface area contributed by atoms with Gasteiger partial charge in [-0.25, -0.2) is 0 Å². The van der Waals surface area contributed by atoms with E-state index in [9.17, 15) is 0 Å². The third-order valence-electron chi connectivity index (χ3n) is 6.30. The predicted molar refractivity (Wildman–Crippen MR) is 180 cm³/mol. The standard InChI is InChI=1S/2C8H8O.C8H8S.C7H7NO.3C2H6/c3*1-2-4-8-7(3-1)5-6-9-8;1-3-8-5-7-6(1)2-4-9-7;3*1-2/h3*1-4H,5-6H2;1,3,5H,2,4H2;3*1-2H3. The molecule has 5 heterocycles. The Balaban J connectivity index is 0.000000184. The zero-order valence-electron chi connectivity index (χ0n) is 26.4. The monoisotopic (exact) mass is 587 g/mol. The number of aryl methyl sites for hydroxylation is 1. The second-order valence-corrected chi connectivity index (χ2v) is 9.84. The maximum Gasteiger partial charge on any atom is 0.140 e. The molecule has 0 amide bonds. The zero-order valence-corrected chi connectivity index (χ0v) is 27.2. The number of fused-ring (bicyclic) bond motifs is 4. The molecule has 0 fully saturated rings. The predicted octanol–water partition coefficient (Wildman–Crippen LogP) is 9.67. The summed E-state index contributed by atoms with van der Waals surface area (Å²) in [5.41, 5.74) is 5.50. The summed E-state index contributed by atoms with van der Waals surface area (Å²) >= 11 is 1.97. The van der Waals surface area contributed by atoms with Crippen molar-refractivity contribution in [1.82, 2.24) is 4.98 Å². The molecule has 8 rings (SSSR count). The summed E-state index contributed by atoms with van der Waals surface area (Å²) in [6.07, 6.45) is 8.03. The molecule has 0 saturated heterocycles. The minimum Gasteiger partial charge on any atom is -0.493 e. The van der Waals surface area contributed by atoms with Crippen molar-refractivity contribution in [3.63, 3.8) is 0 Å². The quantitative estimate of drug-likeness (QED) is 0.205. The smallest absolute Gasteiger partial charge is 0.140 e. The van der Waals surface area contributed by atoms with Crippen LogP contribution >= 0.6 is 11.8 Å². The summed E-state index contributed by atoms with van der Waals surface area (Å²) in [4.78, 5) is 5.42. The molecule has 0 saturated carbocycles. The minimum atomic E-state index is 0.820. The van der Waals surface area contributed by atoms with Crippen LogP contribution in [0.2, 0.25) is 0 Å². The number of pyridine rings is 1. The maximum atomic E-state index is 5.30. The molecule has 4 aliphatic rings. The van der Waals surface area contributed by atoms with Crippen LogP contribution in [0.25, 0.3) is 0 Å². The Kier molecular flexibility index (Phi) is 17.6. The number of aromatic nitrogens is 1. The first-order valence-electron chi connectivity index (χ1n) is 15.5. The first-order chi connectivity index (χ1) is 20.9. The van der Waals surface area contributed by atoms with E-state index in [1.54, 1.807) is 12.4 Å². The fraction of sp³-hybridized carbons (Fsp3) is 0.378. The molecule has 42 heavy (non-hydrogen) atoms. The Labute approximate surface area is 258 Å². The van der Waals surface area contributed by atoms with Gasteiger partial charge in [-0.2, -0.15) is 0 Å². The van der Waals surface area contributed by atoms with Gasteiger partial charge >= 0.3 is 0 Å². The summed E-state index contributed by atoms with van der Waals surface area (Å²) < 4.78 is 15.8. The lowest BCUT2D eigenvalue weighted by molar-refractivity contribution is 0.355. The molecule has 0 N–H and O–H groups in total. The first kappa shape index (κ1) is 34.8. The maximum absolute atomic E-state index is 5.30. The van der Waals surface area contributed by atoms with Gasteiger partial charge in [0.05, 0.1) is 26.0 Å². The molecule has 3 aromatic carbocycles. The second kappa shape index (κ2) is 21.3. The van der Waals surface area contributed by atoms with E-state index in [0.717, 1.165) is 56.3 Å². The van der Waals surface area contributed by atoms with Crippen molar-refractivity contribution in [3.8, 4) is 17.2 Å². The third-order valence-corrected chi connectivity index (χ3v) is 7.42. The van der Waals surface area contributed by atoms with Crippen molar-refractivity contribution in [1.29, 1.82) is 0 Å². The number of nitrogens with zero attached hydrogens (tertiary/aromatic N) is 1. The van der Waals surface area contributed by atoms with Crippen LogP contribution in [0.1, 0.15) is 63.8 Å². The molecule has 5 heteroatoms. The van der Waals surface area contributed by atoms with E-state index in [2.05, 4.69) is 41.4 Å². The number of hydrogen-bond acceptors (Lipinski definition) is 5. The van der Waals surface area contributed by atoms with Gasteiger partial charge in [0.25, 0.3) is 0 Å². The summed E-state index contributed by atoms with van der Waals surface area (Å²) in [5.74, 6) is 4.37. The first-order valence-corrected chi connectivity index (χ1v) is 16.5. The van der Waals surface area contributed by atoms with E-state index in [4.69, 9.17) is 14.2 Å². The van der Waals surface area contributed by atoms with E-state index in [1.807, 2.05) is 95.8 Å². The van der Waals surface area contributed by atoms with E-state index in [0.29, 0.717) is 0 Å².